The molecular weight excluding hydrogens is 324 g/mol. The zero-order valence-corrected chi connectivity index (χ0v) is 13.9. The number of aryl methyl sites for hydroxylation is 1. The number of anilines is 1. The Hall–Kier alpha value is -2.76. The summed E-state index contributed by atoms with van der Waals surface area (Å²) in [4.78, 5) is 13.9. The lowest BCUT2D eigenvalue weighted by molar-refractivity contribution is 0.0951. The molecule has 1 aliphatic heterocycles. The lowest BCUT2D eigenvalue weighted by atomic mass is 10.1. The number of rotatable bonds is 4. The lowest BCUT2D eigenvalue weighted by Gasteiger charge is -2.19. The molecule has 2 aromatic carbocycles. The number of hydrogen-bond acceptors (Lipinski definition) is 3. The van der Waals surface area contributed by atoms with Crippen LogP contribution in [0.25, 0.3) is 0 Å². The first-order chi connectivity index (χ1) is 12.1. The van der Waals surface area contributed by atoms with Gasteiger partial charge in [0.25, 0.3) is 5.91 Å². The molecule has 1 aliphatic rings. The van der Waals surface area contributed by atoms with E-state index in [0.29, 0.717) is 11.3 Å². The molecule has 0 spiro atoms. The second-order valence-corrected chi connectivity index (χ2v) is 6.03. The third kappa shape index (κ3) is 3.84. The summed E-state index contributed by atoms with van der Waals surface area (Å²) in [6.45, 7) is 3.59. The largest absolute Gasteiger partial charge is 0.369 e. The second kappa shape index (κ2) is 7.42. The maximum atomic E-state index is 14.3. The number of hydrazone groups is 1. The van der Waals surface area contributed by atoms with Crippen molar-refractivity contribution in [3.63, 3.8) is 0 Å². The highest BCUT2D eigenvalue weighted by atomic mass is 19.1. The molecule has 1 heterocycles. The molecule has 6 heteroatoms. The highest BCUT2D eigenvalue weighted by Crippen LogP contribution is 2.26. The first-order valence-corrected chi connectivity index (χ1v) is 8.19. The second-order valence-electron chi connectivity index (χ2n) is 6.03. The van der Waals surface area contributed by atoms with Crippen molar-refractivity contribution in [2.75, 3.05) is 18.0 Å². The number of hydrogen-bond donors (Lipinski definition) is 1. The normalized spacial score (nSPS) is 14.3. The lowest BCUT2D eigenvalue weighted by Crippen LogP contribution is -2.20. The molecule has 0 radical (unpaired) electrons. The monoisotopic (exact) mass is 343 g/mol. The van der Waals surface area contributed by atoms with Crippen LogP contribution in [0.5, 0.6) is 0 Å². The van der Waals surface area contributed by atoms with Crippen molar-refractivity contribution in [1.82, 2.24) is 5.43 Å². The van der Waals surface area contributed by atoms with Crippen LogP contribution in [-0.2, 0) is 0 Å². The topological polar surface area (TPSA) is 44.7 Å². The van der Waals surface area contributed by atoms with E-state index < -0.39 is 11.7 Å². The molecule has 1 amide bonds. The Morgan fingerprint density at radius 1 is 1.16 bits per heavy atom. The quantitative estimate of drug-likeness (QED) is 0.680. The van der Waals surface area contributed by atoms with E-state index in [-0.39, 0.29) is 11.4 Å². The van der Waals surface area contributed by atoms with Gasteiger partial charge in [0.05, 0.1) is 17.5 Å². The van der Waals surface area contributed by atoms with Crippen LogP contribution in [0.2, 0.25) is 0 Å². The average Bonchev–Trinajstić information content (AvgIpc) is 3.12. The summed E-state index contributed by atoms with van der Waals surface area (Å²) < 4.78 is 27.9. The highest BCUT2D eigenvalue weighted by molar-refractivity contribution is 5.95. The minimum atomic E-state index is -0.652. The Kier molecular flexibility index (Phi) is 5.07. The fraction of sp³-hybridized carbons (Fsp3) is 0.263. The van der Waals surface area contributed by atoms with Crippen molar-refractivity contribution >= 4 is 17.8 Å². The summed E-state index contributed by atoms with van der Waals surface area (Å²) in [5.41, 5.74) is 4.19. The molecule has 130 valence electrons. The van der Waals surface area contributed by atoms with Crippen molar-refractivity contribution in [3.05, 3.63) is 64.7 Å². The van der Waals surface area contributed by atoms with Gasteiger partial charge < -0.3 is 4.90 Å². The number of carbonyl (C=O) groups excluding carboxylic acids is 1. The Morgan fingerprint density at radius 3 is 2.60 bits per heavy atom. The molecule has 2 aromatic rings. The smallest absolute Gasteiger partial charge is 0.274 e. The molecular formula is C19H19F2N3O. The Labute approximate surface area is 145 Å². The Balaban J connectivity index is 1.72. The number of amides is 1. The first-order valence-electron chi connectivity index (χ1n) is 8.19. The van der Waals surface area contributed by atoms with Crippen LogP contribution in [-0.4, -0.2) is 25.2 Å². The third-order valence-electron chi connectivity index (χ3n) is 4.27. The van der Waals surface area contributed by atoms with Gasteiger partial charge >= 0.3 is 0 Å². The molecule has 0 unspecified atom stereocenters. The minimum absolute atomic E-state index is 0.0908. The molecule has 0 saturated carbocycles. The van der Waals surface area contributed by atoms with Crippen LogP contribution < -0.4 is 10.3 Å². The van der Waals surface area contributed by atoms with E-state index >= 15 is 0 Å². The third-order valence-corrected chi connectivity index (χ3v) is 4.27. The first kappa shape index (κ1) is 17.1. The fourth-order valence-corrected chi connectivity index (χ4v) is 2.89. The molecule has 3 rings (SSSR count). The van der Waals surface area contributed by atoms with E-state index in [1.54, 1.807) is 12.1 Å². The van der Waals surface area contributed by atoms with Gasteiger partial charge in [-0.05, 0) is 49.6 Å². The van der Waals surface area contributed by atoms with Gasteiger partial charge in [-0.1, -0.05) is 12.1 Å². The van der Waals surface area contributed by atoms with Gasteiger partial charge in [-0.25, -0.2) is 14.2 Å². The predicted molar refractivity (Wildman–Crippen MR) is 94.0 cm³/mol. The van der Waals surface area contributed by atoms with Gasteiger partial charge in [0.15, 0.2) is 0 Å². The van der Waals surface area contributed by atoms with Gasteiger partial charge in [-0.2, -0.15) is 5.10 Å². The molecule has 1 N–H and O–H groups in total. The van der Waals surface area contributed by atoms with Crippen LogP contribution in [0.15, 0.2) is 41.5 Å². The molecule has 1 fully saturated rings. The number of benzene rings is 2. The molecule has 25 heavy (non-hydrogen) atoms. The van der Waals surface area contributed by atoms with E-state index in [2.05, 4.69) is 10.5 Å². The highest BCUT2D eigenvalue weighted by Gasteiger charge is 2.17. The summed E-state index contributed by atoms with van der Waals surface area (Å²) >= 11 is 0. The number of halogens is 2. The van der Waals surface area contributed by atoms with Gasteiger partial charge in [-0.15, -0.1) is 0 Å². The maximum Gasteiger partial charge on any atom is 0.274 e. The van der Waals surface area contributed by atoms with E-state index in [1.807, 2.05) is 11.8 Å². The standard InChI is InChI=1S/C19H19F2N3O/c1-13-10-18(24-8-4-5-9-24)17(21)11-14(13)12-22-23-19(25)15-6-2-3-7-16(15)20/h2-3,6-7,10-12H,4-5,8-9H2,1H3,(H,23,25). The van der Waals surface area contributed by atoms with Crippen LogP contribution in [0, 0.1) is 18.6 Å². The maximum absolute atomic E-state index is 14.3. The van der Waals surface area contributed by atoms with Crippen molar-refractivity contribution in [3.8, 4) is 0 Å². The van der Waals surface area contributed by atoms with E-state index in [4.69, 9.17) is 0 Å². The van der Waals surface area contributed by atoms with E-state index in [9.17, 15) is 13.6 Å². The summed E-state index contributed by atoms with van der Waals surface area (Å²) in [6.07, 6.45) is 3.51. The van der Waals surface area contributed by atoms with Crippen LogP contribution in [0.3, 0.4) is 0 Å². The molecule has 0 aliphatic carbocycles. The van der Waals surface area contributed by atoms with Crippen LogP contribution >= 0.6 is 0 Å². The van der Waals surface area contributed by atoms with Crippen molar-refractivity contribution in [2.24, 2.45) is 5.10 Å². The Morgan fingerprint density at radius 2 is 1.88 bits per heavy atom. The van der Waals surface area contributed by atoms with Gasteiger partial charge in [-0.3, -0.25) is 4.79 Å². The zero-order chi connectivity index (χ0) is 17.8. The van der Waals surface area contributed by atoms with Crippen LogP contribution in [0.4, 0.5) is 14.5 Å². The molecule has 4 nitrogen and oxygen atoms in total. The minimum Gasteiger partial charge on any atom is -0.369 e. The molecule has 0 aromatic heterocycles. The summed E-state index contributed by atoms with van der Waals surface area (Å²) in [7, 11) is 0. The summed E-state index contributed by atoms with van der Waals surface area (Å²) in [6, 6.07) is 8.84. The van der Waals surface area contributed by atoms with Gasteiger partial charge in [0.2, 0.25) is 0 Å². The van der Waals surface area contributed by atoms with Gasteiger partial charge in [0.1, 0.15) is 11.6 Å². The fourth-order valence-electron chi connectivity index (χ4n) is 2.89. The summed E-state index contributed by atoms with van der Waals surface area (Å²) in [5.74, 6) is -1.58. The van der Waals surface area contributed by atoms with Crippen molar-refractivity contribution in [2.45, 2.75) is 19.8 Å². The summed E-state index contributed by atoms with van der Waals surface area (Å²) in [5, 5.41) is 3.82. The van der Waals surface area contributed by atoms with E-state index in [0.717, 1.165) is 31.5 Å². The Bertz CT molecular complexity index is 814. The molecule has 0 bridgehead atoms. The predicted octanol–water partition coefficient (Wildman–Crippen LogP) is 3.64. The number of nitrogens with one attached hydrogen (secondary N) is 1. The zero-order valence-electron chi connectivity index (χ0n) is 13.9. The van der Waals surface area contributed by atoms with E-state index in [1.165, 1.54) is 30.5 Å². The number of carbonyl (C=O) groups is 1. The molecule has 1 saturated heterocycles. The van der Waals surface area contributed by atoms with Crippen LogP contribution in [0.1, 0.15) is 34.3 Å². The molecule has 0 atom stereocenters. The van der Waals surface area contributed by atoms with Crippen molar-refractivity contribution < 1.29 is 13.6 Å². The SMILES string of the molecule is Cc1cc(N2CCCC2)c(F)cc1C=NNC(=O)c1ccccc1F. The van der Waals surface area contributed by atoms with Gasteiger partial charge in [0, 0.05) is 18.7 Å². The average molecular weight is 343 g/mol. The number of nitrogens with zero attached hydrogens (tertiary/aromatic N) is 2. The van der Waals surface area contributed by atoms with Crippen molar-refractivity contribution in [1.29, 1.82) is 0 Å².